The summed E-state index contributed by atoms with van der Waals surface area (Å²) in [6.45, 7) is 3.94. The van der Waals surface area contributed by atoms with Crippen LogP contribution in [0.25, 0.3) is 0 Å². The van der Waals surface area contributed by atoms with E-state index < -0.39 is 16.3 Å². The fourth-order valence-electron chi connectivity index (χ4n) is 4.26. The smallest absolute Gasteiger partial charge is 0.253 e. The van der Waals surface area contributed by atoms with Gasteiger partial charge < -0.3 is 19.3 Å². The number of aryl methyl sites for hydroxylation is 1. The molecule has 3 N–H and O–H groups in total. The molecule has 5 rings (SSSR count). The molecular formula is C24H24N2O6S. The Labute approximate surface area is 192 Å². The van der Waals surface area contributed by atoms with Gasteiger partial charge in [0.15, 0.2) is 17.7 Å². The molecule has 0 radical (unpaired) electrons. The molecule has 0 bridgehead atoms. The van der Waals surface area contributed by atoms with Crippen LogP contribution in [0.1, 0.15) is 29.5 Å². The number of sulfonamides is 1. The summed E-state index contributed by atoms with van der Waals surface area (Å²) in [4.78, 5) is 2.59. The quantitative estimate of drug-likeness (QED) is 0.493. The van der Waals surface area contributed by atoms with E-state index in [-0.39, 0.29) is 29.3 Å². The number of hydrogen-bond donors (Lipinski definition) is 3. The Morgan fingerprint density at radius 3 is 2.36 bits per heavy atom. The maximum absolute atomic E-state index is 12.8. The number of ether oxygens (including phenoxy) is 3. The molecule has 0 saturated heterocycles. The number of hydrogen-bond acceptors (Lipinski definition) is 7. The highest BCUT2D eigenvalue weighted by atomic mass is 32.2. The zero-order chi connectivity index (χ0) is 23.2. The van der Waals surface area contributed by atoms with E-state index in [1.165, 1.54) is 0 Å². The Bertz CT molecular complexity index is 1290. The van der Waals surface area contributed by atoms with Crippen LogP contribution in [0.3, 0.4) is 0 Å². The number of rotatable bonds is 5. The van der Waals surface area contributed by atoms with Crippen LogP contribution in [-0.2, 0) is 10.0 Å². The number of phenols is 1. The molecule has 2 heterocycles. The second-order valence-electron chi connectivity index (χ2n) is 8.24. The van der Waals surface area contributed by atoms with Crippen molar-refractivity contribution in [2.75, 3.05) is 6.79 Å². The van der Waals surface area contributed by atoms with Crippen molar-refractivity contribution in [3.05, 3.63) is 77.4 Å². The molecule has 0 amide bonds. The number of benzene rings is 3. The first-order valence-electron chi connectivity index (χ1n) is 10.6. The van der Waals surface area contributed by atoms with Crippen LogP contribution in [0.15, 0.2) is 65.6 Å². The standard InChI is InChI=1S/C24H24N2O6S/c1-14-7-9-16(10-8-14)33(28,29)26-25-24-15(2)23(17-5-3-4-6-19(17)27)18-11-21-22(31-13-30-21)12-20(18)32-24/h3-12,15,23-27H,13H2,1-2H3/t15-,23-,24+/m1/s1. The molecule has 172 valence electrons. The van der Waals surface area contributed by atoms with Crippen molar-refractivity contribution >= 4 is 10.0 Å². The molecule has 0 saturated carbocycles. The summed E-state index contributed by atoms with van der Waals surface area (Å²) in [5.41, 5.74) is 5.34. The number of hydrazine groups is 1. The summed E-state index contributed by atoms with van der Waals surface area (Å²) >= 11 is 0. The van der Waals surface area contributed by atoms with Gasteiger partial charge in [0.2, 0.25) is 6.79 Å². The zero-order valence-electron chi connectivity index (χ0n) is 18.1. The van der Waals surface area contributed by atoms with Gasteiger partial charge in [0.1, 0.15) is 11.5 Å². The van der Waals surface area contributed by atoms with E-state index >= 15 is 0 Å². The Hall–Kier alpha value is -3.27. The first kappa shape index (κ1) is 21.6. The largest absolute Gasteiger partial charge is 0.508 e. The van der Waals surface area contributed by atoms with Gasteiger partial charge in [-0.05, 0) is 31.2 Å². The molecule has 0 aromatic heterocycles. The van der Waals surface area contributed by atoms with E-state index in [0.717, 1.165) is 11.1 Å². The maximum Gasteiger partial charge on any atom is 0.253 e. The summed E-state index contributed by atoms with van der Waals surface area (Å²) in [6.07, 6.45) is -0.720. The summed E-state index contributed by atoms with van der Waals surface area (Å²) in [7, 11) is -3.81. The monoisotopic (exact) mass is 468 g/mol. The number of aromatic hydroxyl groups is 1. The maximum atomic E-state index is 12.8. The van der Waals surface area contributed by atoms with E-state index in [9.17, 15) is 13.5 Å². The molecule has 2 aliphatic heterocycles. The zero-order valence-corrected chi connectivity index (χ0v) is 18.9. The highest BCUT2D eigenvalue weighted by molar-refractivity contribution is 7.89. The van der Waals surface area contributed by atoms with Gasteiger partial charge in [-0.25, -0.2) is 13.8 Å². The Morgan fingerprint density at radius 1 is 0.939 bits per heavy atom. The molecule has 2 aliphatic rings. The van der Waals surface area contributed by atoms with Crippen LogP contribution in [0.4, 0.5) is 0 Å². The van der Waals surface area contributed by atoms with Gasteiger partial charge in [-0.2, -0.15) is 0 Å². The van der Waals surface area contributed by atoms with Crippen LogP contribution in [0, 0.1) is 12.8 Å². The van der Waals surface area contributed by atoms with Crippen molar-refractivity contribution in [2.45, 2.75) is 30.9 Å². The van der Waals surface area contributed by atoms with Crippen LogP contribution in [-0.4, -0.2) is 26.5 Å². The first-order valence-corrected chi connectivity index (χ1v) is 12.0. The summed E-state index contributed by atoms with van der Waals surface area (Å²) in [5.74, 6) is 1.30. The third kappa shape index (κ3) is 3.99. The minimum Gasteiger partial charge on any atom is -0.508 e. The summed E-state index contributed by atoms with van der Waals surface area (Å²) in [6, 6.07) is 17.3. The van der Waals surface area contributed by atoms with Crippen LogP contribution in [0.2, 0.25) is 0 Å². The van der Waals surface area contributed by atoms with Crippen molar-refractivity contribution < 1.29 is 27.7 Å². The summed E-state index contributed by atoms with van der Waals surface area (Å²) < 4.78 is 42.8. The third-order valence-electron chi connectivity index (χ3n) is 6.04. The molecule has 0 fully saturated rings. The van der Waals surface area contributed by atoms with Crippen molar-refractivity contribution in [3.63, 3.8) is 0 Å². The Morgan fingerprint density at radius 2 is 1.64 bits per heavy atom. The summed E-state index contributed by atoms with van der Waals surface area (Å²) in [5, 5.41) is 10.6. The van der Waals surface area contributed by atoms with Gasteiger partial charge in [-0.15, -0.1) is 4.83 Å². The Balaban J connectivity index is 1.48. The van der Waals surface area contributed by atoms with Crippen molar-refractivity contribution in [1.29, 1.82) is 0 Å². The van der Waals surface area contributed by atoms with E-state index in [1.807, 2.05) is 32.0 Å². The lowest BCUT2D eigenvalue weighted by Gasteiger charge is -2.38. The minimum absolute atomic E-state index is 0.118. The van der Waals surface area contributed by atoms with Crippen molar-refractivity contribution in [2.24, 2.45) is 5.92 Å². The SMILES string of the molecule is Cc1ccc(S(=O)(=O)NN[C@H]2Oc3cc4c(cc3[C@@H](c3ccccc3O)[C@H]2C)OCO4)cc1. The van der Waals surface area contributed by atoms with E-state index in [4.69, 9.17) is 14.2 Å². The van der Waals surface area contributed by atoms with Gasteiger partial charge in [-0.1, -0.05) is 42.8 Å². The van der Waals surface area contributed by atoms with Crippen LogP contribution in [0.5, 0.6) is 23.0 Å². The predicted octanol–water partition coefficient (Wildman–Crippen LogP) is 3.40. The fraction of sp³-hybridized carbons (Fsp3) is 0.250. The van der Waals surface area contributed by atoms with E-state index in [2.05, 4.69) is 10.3 Å². The fourth-order valence-corrected chi connectivity index (χ4v) is 5.14. The molecule has 3 atom stereocenters. The molecule has 0 spiro atoms. The normalized spacial score (nSPS) is 21.3. The van der Waals surface area contributed by atoms with Crippen LogP contribution < -0.4 is 24.5 Å². The third-order valence-corrected chi connectivity index (χ3v) is 7.32. The van der Waals surface area contributed by atoms with Gasteiger partial charge in [-0.3, -0.25) is 0 Å². The molecule has 33 heavy (non-hydrogen) atoms. The molecule has 9 heteroatoms. The topological polar surface area (TPSA) is 106 Å². The predicted molar refractivity (Wildman–Crippen MR) is 121 cm³/mol. The number of phenolic OH excluding ortho intramolecular Hbond substituents is 1. The molecular weight excluding hydrogens is 444 g/mol. The van der Waals surface area contributed by atoms with Gasteiger partial charge >= 0.3 is 0 Å². The van der Waals surface area contributed by atoms with Gasteiger partial charge in [0.25, 0.3) is 10.0 Å². The molecule has 8 nitrogen and oxygen atoms in total. The van der Waals surface area contributed by atoms with Crippen molar-refractivity contribution in [3.8, 4) is 23.0 Å². The first-order chi connectivity index (χ1) is 15.8. The van der Waals surface area contributed by atoms with Crippen LogP contribution >= 0.6 is 0 Å². The number of para-hydroxylation sites is 1. The average molecular weight is 469 g/mol. The molecule has 0 unspecified atom stereocenters. The minimum atomic E-state index is -3.81. The van der Waals surface area contributed by atoms with Gasteiger partial charge in [0, 0.05) is 29.0 Å². The van der Waals surface area contributed by atoms with Gasteiger partial charge in [0.05, 0.1) is 4.90 Å². The average Bonchev–Trinajstić information content (AvgIpc) is 3.25. The Kier molecular flexibility index (Phi) is 5.40. The molecule has 3 aromatic carbocycles. The highest BCUT2D eigenvalue weighted by Crippen LogP contribution is 2.50. The number of fused-ring (bicyclic) bond motifs is 2. The lowest BCUT2D eigenvalue weighted by atomic mass is 9.78. The van der Waals surface area contributed by atoms with Crippen molar-refractivity contribution in [1.82, 2.24) is 10.3 Å². The molecule has 0 aliphatic carbocycles. The van der Waals surface area contributed by atoms with E-state index in [1.54, 1.807) is 42.5 Å². The number of nitrogens with one attached hydrogen (secondary N) is 2. The lowest BCUT2D eigenvalue weighted by molar-refractivity contribution is 0.0733. The second-order valence-corrected chi connectivity index (χ2v) is 9.92. The molecule has 3 aromatic rings. The second kappa shape index (κ2) is 8.26. The highest BCUT2D eigenvalue weighted by Gasteiger charge is 2.39. The lowest BCUT2D eigenvalue weighted by Crippen LogP contribution is -2.52. The van der Waals surface area contributed by atoms with E-state index in [0.29, 0.717) is 22.8 Å².